The molecule has 1 amide bonds. The third kappa shape index (κ3) is 6.27. The van der Waals surface area contributed by atoms with Gasteiger partial charge >= 0.3 is 0 Å². The zero-order valence-corrected chi connectivity index (χ0v) is 28.4. The number of carbonyl (C=O) groups is 1. The van der Waals surface area contributed by atoms with Crippen LogP contribution < -0.4 is 24.4 Å². The Bertz CT molecular complexity index is 1740. The fourth-order valence-corrected chi connectivity index (χ4v) is 7.84. The Labute approximate surface area is 282 Å². The van der Waals surface area contributed by atoms with Crippen LogP contribution >= 0.6 is 0 Å². The summed E-state index contributed by atoms with van der Waals surface area (Å²) in [7, 11) is 0. The molecule has 0 atom stereocenters. The minimum atomic E-state index is -0.116. The van der Waals surface area contributed by atoms with Crippen molar-refractivity contribution >= 4 is 22.8 Å². The molecular weight excluding hydrogens is 606 g/mol. The smallest absolute Gasteiger partial charge is 0.225 e. The minimum absolute atomic E-state index is 0.0497. The van der Waals surface area contributed by atoms with Gasteiger partial charge in [-0.25, -0.2) is 14.6 Å². The molecule has 1 N–H and O–H groups in total. The van der Waals surface area contributed by atoms with E-state index in [4.69, 9.17) is 14.2 Å². The van der Waals surface area contributed by atoms with Crippen molar-refractivity contribution in [3.63, 3.8) is 0 Å². The lowest BCUT2D eigenvalue weighted by molar-refractivity contribution is -0.137. The van der Waals surface area contributed by atoms with E-state index in [2.05, 4.69) is 48.4 Å². The molecule has 11 heteroatoms. The van der Waals surface area contributed by atoms with Gasteiger partial charge in [-0.15, -0.1) is 0 Å². The van der Waals surface area contributed by atoms with Crippen molar-refractivity contribution in [3.8, 4) is 17.2 Å². The molecule has 0 radical (unpaired) electrons. The Morgan fingerprint density at radius 1 is 0.938 bits per heavy atom. The number of ether oxygens (including phenoxy) is 3. The molecule has 48 heavy (non-hydrogen) atoms. The first-order valence-electron chi connectivity index (χ1n) is 17.6. The zero-order valence-electron chi connectivity index (χ0n) is 28.4. The number of amides is 1. The van der Waals surface area contributed by atoms with E-state index in [9.17, 15) is 4.79 Å². The van der Waals surface area contributed by atoms with Crippen LogP contribution in [0.4, 0.5) is 5.82 Å². The third-order valence-corrected chi connectivity index (χ3v) is 10.2. The van der Waals surface area contributed by atoms with Gasteiger partial charge in [-0.2, -0.15) is 5.10 Å². The van der Waals surface area contributed by atoms with Crippen LogP contribution in [0, 0.1) is 5.92 Å². The number of nitrogens with zero attached hydrogens (tertiary/aromatic N) is 6. The topological polar surface area (TPSA) is 107 Å². The molecule has 254 valence electrons. The van der Waals surface area contributed by atoms with E-state index < -0.39 is 0 Å². The third-order valence-electron chi connectivity index (χ3n) is 10.2. The van der Waals surface area contributed by atoms with Crippen LogP contribution in [-0.4, -0.2) is 83.1 Å². The monoisotopic (exact) mass is 653 g/mol. The molecule has 0 unspecified atom stereocenters. The van der Waals surface area contributed by atoms with Gasteiger partial charge in [-0.3, -0.25) is 4.79 Å². The molecule has 2 aromatic carbocycles. The van der Waals surface area contributed by atoms with Crippen LogP contribution in [-0.2, 0) is 23.3 Å². The van der Waals surface area contributed by atoms with Crippen LogP contribution in [0.1, 0.15) is 63.1 Å². The van der Waals surface area contributed by atoms with Gasteiger partial charge in [0.05, 0.1) is 37.9 Å². The lowest BCUT2D eigenvalue weighted by Gasteiger charge is -2.46. The average molecular weight is 654 g/mol. The summed E-state index contributed by atoms with van der Waals surface area (Å²) in [6.07, 6.45) is 8.08. The molecular formula is C37H47N7O4. The molecule has 1 spiro atoms. The van der Waals surface area contributed by atoms with E-state index >= 15 is 0 Å². The molecule has 2 aliphatic heterocycles. The Morgan fingerprint density at radius 3 is 2.44 bits per heavy atom. The van der Waals surface area contributed by atoms with Gasteiger partial charge in [0.25, 0.3) is 0 Å². The molecule has 3 aliphatic rings. The maximum atomic E-state index is 13.8. The summed E-state index contributed by atoms with van der Waals surface area (Å²) in [5, 5.41) is 9.45. The first kappa shape index (κ1) is 32.2. The molecule has 1 aliphatic carbocycles. The molecule has 2 fully saturated rings. The Morgan fingerprint density at radius 2 is 1.69 bits per heavy atom. The summed E-state index contributed by atoms with van der Waals surface area (Å²) in [6, 6.07) is 12.5. The van der Waals surface area contributed by atoms with Crippen LogP contribution in [0.3, 0.4) is 0 Å². The zero-order chi connectivity index (χ0) is 33.1. The van der Waals surface area contributed by atoms with E-state index in [0.717, 1.165) is 91.4 Å². The summed E-state index contributed by atoms with van der Waals surface area (Å²) < 4.78 is 19.5. The second kappa shape index (κ2) is 14.0. The normalized spacial score (nSPS) is 20.9. The van der Waals surface area contributed by atoms with Crippen molar-refractivity contribution in [1.29, 1.82) is 0 Å². The molecule has 7 rings (SSSR count). The molecule has 2 aromatic heterocycles. The molecule has 11 nitrogen and oxygen atoms in total. The number of benzene rings is 2. The number of aromatic nitrogens is 4. The summed E-state index contributed by atoms with van der Waals surface area (Å²) in [6.45, 7) is 12.2. The van der Waals surface area contributed by atoms with E-state index in [-0.39, 0.29) is 17.4 Å². The predicted octanol–water partition coefficient (Wildman–Crippen LogP) is 4.95. The summed E-state index contributed by atoms with van der Waals surface area (Å²) in [4.78, 5) is 27.4. The first-order valence-corrected chi connectivity index (χ1v) is 17.6. The number of nitrogens with one attached hydrogen (secondary N) is 1. The van der Waals surface area contributed by atoms with Crippen LogP contribution in [0.25, 0.3) is 11.0 Å². The van der Waals surface area contributed by atoms with Gasteiger partial charge in [0.15, 0.2) is 17.1 Å². The van der Waals surface area contributed by atoms with Crippen molar-refractivity contribution in [2.45, 2.75) is 65.0 Å². The van der Waals surface area contributed by atoms with E-state index in [1.54, 1.807) is 6.33 Å². The van der Waals surface area contributed by atoms with Gasteiger partial charge < -0.3 is 29.3 Å². The average Bonchev–Trinajstić information content (AvgIpc) is 3.52. The fourth-order valence-electron chi connectivity index (χ4n) is 7.84. The van der Waals surface area contributed by atoms with Crippen LogP contribution in [0.15, 0.2) is 48.9 Å². The highest BCUT2D eigenvalue weighted by Crippen LogP contribution is 2.46. The van der Waals surface area contributed by atoms with E-state index in [1.165, 1.54) is 11.1 Å². The Balaban J connectivity index is 0.985. The van der Waals surface area contributed by atoms with Gasteiger partial charge in [0.2, 0.25) is 5.91 Å². The molecule has 1 saturated carbocycles. The van der Waals surface area contributed by atoms with Gasteiger partial charge in [-0.1, -0.05) is 12.1 Å². The van der Waals surface area contributed by atoms with Gasteiger partial charge in [-0.05, 0) is 93.8 Å². The highest BCUT2D eigenvalue weighted by Gasteiger charge is 2.43. The fraction of sp³-hybridized carbons (Fsp3) is 0.514. The summed E-state index contributed by atoms with van der Waals surface area (Å²) >= 11 is 0. The van der Waals surface area contributed by atoms with Crippen molar-refractivity contribution < 1.29 is 19.0 Å². The SMILES string of the molecule is CCOc1cccc(Cn2ncc3c(N4CCN(C(=O)[C@H]5CC[C@@]6(CC5)NCCc5cc(OCC)c(OCC)cc56)CC4)ncnc32)c1. The first-order chi connectivity index (χ1) is 23.5. The molecule has 0 bridgehead atoms. The number of anilines is 1. The second-order valence-electron chi connectivity index (χ2n) is 13.0. The van der Waals surface area contributed by atoms with Crippen molar-refractivity contribution in [3.05, 3.63) is 65.6 Å². The quantitative estimate of drug-likeness (QED) is 0.255. The Hall–Kier alpha value is -4.38. The number of rotatable bonds is 10. The standard InChI is InChI=1S/C37H47N7O4/c1-4-46-29-9-7-8-26(20-29)24-44-35-30(23-41-44)34(38-25-39-35)42-16-18-43(19-17-42)36(45)27-10-13-37(14-11-27)31-22-33(48-6-3)32(47-5-2)21-28(31)12-15-40-37/h7-9,20-23,25,27,40H,4-6,10-19,24H2,1-3H3/t27-,37-. The van der Waals surface area contributed by atoms with Crippen molar-refractivity contribution in [2.75, 3.05) is 57.4 Å². The van der Waals surface area contributed by atoms with Crippen molar-refractivity contribution in [2.24, 2.45) is 5.92 Å². The van der Waals surface area contributed by atoms with Gasteiger partial charge in [0, 0.05) is 44.2 Å². The van der Waals surface area contributed by atoms with E-state index in [1.807, 2.05) is 49.8 Å². The number of fused-ring (bicyclic) bond motifs is 3. The lowest BCUT2D eigenvalue weighted by atomic mass is 9.69. The molecule has 4 aromatic rings. The highest BCUT2D eigenvalue weighted by molar-refractivity contribution is 5.87. The van der Waals surface area contributed by atoms with Crippen LogP contribution in [0.2, 0.25) is 0 Å². The summed E-state index contributed by atoms with van der Waals surface area (Å²) in [5.41, 5.74) is 4.44. The molecule has 4 heterocycles. The maximum absolute atomic E-state index is 13.8. The number of piperazine rings is 1. The highest BCUT2D eigenvalue weighted by atomic mass is 16.5. The number of hydrogen-bond donors (Lipinski definition) is 1. The number of hydrogen-bond acceptors (Lipinski definition) is 9. The summed E-state index contributed by atoms with van der Waals surface area (Å²) in [5.74, 6) is 3.72. The lowest BCUT2D eigenvalue weighted by Crippen LogP contribution is -2.53. The number of carbonyl (C=O) groups excluding carboxylic acids is 1. The second-order valence-corrected chi connectivity index (χ2v) is 13.0. The minimum Gasteiger partial charge on any atom is -0.494 e. The molecule has 1 saturated heterocycles. The predicted molar refractivity (Wildman–Crippen MR) is 185 cm³/mol. The largest absolute Gasteiger partial charge is 0.494 e. The maximum Gasteiger partial charge on any atom is 0.225 e. The van der Waals surface area contributed by atoms with Crippen molar-refractivity contribution in [1.82, 2.24) is 30.0 Å². The van der Waals surface area contributed by atoms with Crippen LogP contribution in [0.5, 0.6) is 17.2 Å². The van der Waals surface area contributed by atoms with E-state index in [0.29, 0.717) is 39.5 Å². The Kier molecular flexibility index (Phi) is 9.39. The van der Waals surface area contributed by atoms with Gasteiger partial charge in [0.1, 0.15) is 17.9 Å².